The van der Waals surface area contributed by atoms with Crippen LogP contribution in [0.2, 0.25) is 0 Å². The molecule has 4 heteroatoms. The molecule has 1 heterocycles. The van der Waals surface area contributed by atoms with Crippen molar-refractivity contribution in [1.82, 2.24) is 15.5 Å². The molecule has 0 spiro atoms. The summed E-state index contributed by atoms with van der Waals surface area (Å²) < 4.78 is 0. The van der Waals surface area contributed by atoms with Gasteiger partial charge in [-0.3, -0.25) is 9.89 Å². The van der Waals surface area contributed by atoms with Crippen LogP contribution in [0.3, 0.4) is 0 Å². The molecule has 2 N–H and O–H groups in total. The lowest BCUT2D eigenvalue weighted by molar-refractivity contribution is 0.0957. The van der Waals surface area contributed by atoms with Crippen molar-refractivity contribution >= 4 is 5.91 Å². The molecule has 0 saturated carbocycles. The predicted octanol–water partition coefficient (Wildman–Crippen LogP) is 0.634. The van der Waals surface area contributed by atoms with E-state index in [9.17, 15) is 4.79 Å². The van der Waals surface area contributed by atoms with Crippen LogP contribution >= 0.6 is 0 Å². The summed E-state index contributed by atoms with van der Waals surface area (Å²) in [4.78, 5) is 11.3. The van der Waals surface area contributed by atoms with E-state index in [4.69, 9.17) is 0 Å². The van der Waals surface area contributed by atoms with Crippen LogP contribution < -0.4 is 5.32 Å². The standard InChI is InChI=1S/C8H11N3O/c1-3-4-9-8(12)7-5-10-11-6(7)2/h3,5H,1,4H2,2H3,(H,9,12)(H,10,11). The molecular formula is C8H11N3O. The number of nitrogens with zero attached hydrogens (tertiary/aromatic N) is 1. The number of aromatic nitrogens is 2. The fourth-order valence-corrected chi connectivity index (χ4v) is 0.840. The van der Waals surface area contributed by atoms with Gasteiger partial charge in [0.1, 0.15) is 0 Å². The van der Waals surface area contributed by atoms with Crippen LogP contribution in [-0.2, 0) is 0 Å². The topological polar surface area (TPSA) is 57.8 Å². The number of hydrogen-bond donors (Lipinski definition) is 2. The van der Waals surface area contributed by atoms with E-state index in [1.807, 2.05) is 0 Å². The Morgan fingerprint density at radius 3 is 3.17 bits per heavy atom. The zero-order valence-corrected chi connectivity index (χ0v) is 6.92. The number of carbonyl (C=O) groups excluding carboxylic acids is 1. The third kappa shape index (κ3) is 1.72. The van der Waals surface area contributed by atoms with Crippen LogP contribution in [0, 0.1) is 6.92 Å². The van der Waals surface area contributed by atoms with E-state index < -0.39 is 0 Å². The van der Waals surface area contributed by atoms with Crippen molar-refractivity contribution in [3.63, 3.8) is 0 Å². The summed E-state index contributed by atoms with van der Waals surface area (Å²) in [6, 6.07) is 0. The molecule has 0 unspecified atom stereocenters. The van der Waals surface area contributed by atoms with Crippen molar-refractivity contribution in [3.05, 3.63) is 30.1 Å². The Labute approximate surface area is 70.7 Å². The van der Waals surface area contributed by atoms with Crippen molar-refractivity contribution in [3.8, 4) is 0 Å². The normalized spacial score (nSPS) is 9.42. The molecule has 4 nitrogen and oxygen atoms in total. The lowest BCUT2D eigenvalue weighted by Crippen LogP contribution is -2.23. The number of amides is 1. The molecule has 1 rings (SSSR count). The van der Waals surface area contributed by atoms with E-state index in [0.29, 0.717) is 12.1 Å². The van der Waals surface area contributed by atoms with E-state index in [0.717, 1.165) is 5.69 Å². The van der Waals surface area contributed by atoms with Gasteiger partial charge >= 0.3 is 0 Å². The van der Waals surface area contributed by atoms with Gasteiger partial charge in [0.2, 0.25) is 0 Å². The molecule has 64 valence electrons. The van der Waals surface area contributed by atoms with Crippen LogP contribution in [-0.4, -0.2) is 22.6 Å². The second-order valence-electron chi connectivity index (χ2n) is 2.41. The number of nitrogens with one attached hydrogen (secondary N) is 2. The molecule has 0 aromatic carbocycles. The first kappa shape index (κ1) is 8.52. The Hall–Kier alpha value is -1.58. The molecular weight excluding hydrogens is 154 g/mol. The fraction of sp³-hybridized carbons (Fsp3) is 0.250. The predicted molar refractivity (Wildman–Crippen MR) is 45.9 cm³/mol. The van der Waals surface area contributed by atoms with Gasteiger partial charge in [0.05, 0.1) is 11.8 Å². The highest BCUT2D eigenvalue weighted by Gasteiger charge is 2.08. The van der Waals surface area contributed by atoms with E-state index in [2.05, 4.69) is 22.1 Å². The fourth-order valence-electron chi connectivity index (χ4n) is 0.840. The Morgan fingerprint density at radius 1 is 1.92 bits per heavy atom. The summed E-state index contributed by atoms with van der Waals surface area (Å²) in [7, 11) is 0. The van der Waals surface area contributed by atoms with Gasteiger partial charge in [-0.05, 0) is 6.92 Å². The zero-order chi connectivity index (χ0) is 8.97. The number of carbonyl (C=O) groups is 1. The molecule has 1 aromatic rings. The Bertz CT molecular complexity index is 290. The molecule has 0 radical (unpaired) electrons. The Morgan fingerprint density at radius 2 is 2.67 bits per heavy atom. The van der Waals surface area contributed by atoms with E-state index in [1.54, 1.807) is 13.0 Å². The molecule has 0 aliphatic carbocycles. The smallest absolute Gasteiger partial charge is 0.254 e. The first-order chi connectivity index (χ1) is 5.75. The van der Waals surface area contributed by atoms with E-state index in [-0.39, 0.29) is 5.91 Å². The SMILES string of the molecule is C=CCNC(=O)c1cn[nH]c1C. The third-order valence-electron chi connectivity index (χ3n) is 1.48. The van der Waals surface area contributed by atoms with Crippen molar-refractivity contribution < 1.29 is 4.79 Å². The molecule has 1 aromatic heterocycles. The number of aromatic amines is 1. The molecule has 0 saturated heterocycles. The number of hydrogen-bond acceptors (Lipinski definition) is 2. The molecule has 0 fully saturated rings. The van der Waals surface area contributed by atoms with Crippen molar-refractivity contribution in [2.75, 3.05) is 6.54 Å². The quantitative estimate of drug-likeness (QED) is 0.645. The maximum absolute atomic E-state index is 11.3. The van der Waals surface area contributed by atoms with E-state index >= 15 is 0 Å². The minimum absolute atomic E-state index is 0.124. The van der Waals surface area contributed by atoms with Gasteiger partial charge in [0.15, 0.2) is 0 Å². The van der Waals surface area contributed by atoms with Crippen LogP contribution in [0.25, 0.3) is 0 Å². The van der Waals surface area contributed by atoms with Gasteiger partial charge in [0, 0.05) is 12.2 Å². The summed E-state index contributed by atoms with van der Waals surface area (Å²) in [5.74, 6) is -0.124. The first-order valence-electron chi connectivity index (χ1n) is 3.64. The third-order valence-corrected chi connectivity index (χ3v) is 1.48. The van der Waals surface area contributed by atoms with Gasteiger partial charge < -0.3 is 5.32 Å². The van der Waals surface area contributed by atoms with Gasteiger partial charge in [-0.1, -0.05) is 6.08 Å². The molecule has 12 heavy (non-hydrogen) atoms. The maximum Gasteiger partial charge on any atom is 0.254 e. The average Bonchev–Trinajstić information content (AvgIpc) is 2.47. The maximum atomic E-state index is 11.3. The number of rotatable bonds is 3. The number of aryl methyl sites for hydroxylation is 1. The van der Waals surface area contributed by atoms with Crippen molar-refractivity contribution in [2.45, 2.75) is 6.92 Å². The summed E-state index contributed by atoms with van der Waals surface area (Å²) in [5, 5.41) is 9.09. The average molecular weight is 165 g/mol. The number of H-pyrrole nitrogens is 1. The van der Waals surface area contributed by atoms with Crippen LogP contribution in [0.5, 0.6) is 0 Å². The van der Waals surface area contributed by atoms with Crippen molar-refractivity contribution in [2.24, 2.45) is 0 Å². The molecule has 0 bridgehead atoms. The second-order valence-corrected chi connectivity index (χ2v) is 2.41. The van der Waals surface area contributed by atoms with E-state index in [1.165, 1.54) is 6.20 Å². The molecule has 0 aliphatic rings. The minimum Gasteiger partial charge on any atom is -0.348 e. The van der Waals surface area contributed by atoms with Crippen LogP contribution in [0.4, 0.5) is 0 Å². The summed E-state index contributed by atoms with van der Waals surface area (Å²) >= 11 is 0. The highest BCUT2D eigenvalue weighted by atomic mass is 16.1. The van der Waals surface area contributed by atoms with Crippen molar-refractivity contribution in [1.29, 1.82) is 0 Å². The second kappa shape index (κ2) is 3.71. The van der Waals surface area contributed by atoms with Crippen LogP contribution in [0.15, 0.2) is 18.9 Å². The lowest BCUT2D eigenvalue weighted by atomic mass is 10.2. The molecule has 0 atom stereocenters. The Balaban J connectivity index is 2.65. The summed E-state index contributed by atoms with van der Waals surface area (Å²) in [6.07, 6.45) is 3.14. The molecule has 0 aliphatic heterocycles. The molecule has 1 amide bonds. The Kier molecular flexibility index (Phi) is 2.63. The highest BCUT2D eigenvalue weighted by molar-refractivity contribution is 5.94. The van der Waals surface area contributed by atoms with Gasteiger partial charge in [-0.25, -0.2) is 0 Å². The van der Waals surface area contributed by atoms with Gasteiger partial charge in [-0.2, -0.15) is 5.10 Å². The lowest BCUT2D eigenvalue weighted by Gasteiger charge is -1.98. The summed E-state index contributed by atoms with van der Waals surface area (Å²) in [6.45, 7) is 5.78. The monoisotopic (exact) mass is 165 g/mol. The zero-order valence-electron chi connectivity index (χ0n) is 6.92. The van der Waals surface area contributed by atoms with Gasteiger partial charge in [-0.15, -0.1) is 6.58 Å². The summed E-state index contributed by atoms with van der Waals surface area (Å²) in [5.41, 5.74) is 1.36. The first-order valence-corrected chi connectivity index (χ1v) is 3.64. The minimum atomic E-state index is -0.124. The van der Waals surface area contributed by atoms with Crippen LogP contribution in [0.1, 0.15) is 16.1 Å². The van der Waals surface area contributed by atoms with Gasteiger partial charge in [0.25, 0.3) is 5.91 Å². The largest absolute Gasteiger partial charge is 0.348 e. The highest BCUT2D eigenvalue weighted by Crippen LogP contribution is 2.00.